The third kappa shape index (κ3) is 4.30. The summed E-state index contributed by atoms with van der Waals surface area (Å²) < 4.78 is 0. The van der Waals surface area contributed by atoms with Gasteiger partial charge >= 0.3 is 0 Å². The summed E-state index contributed by atoms with van der Waals surface area (Å²) in [6.45, 7) is 2.97. The summed E-state index contributed by atoms with van der Waals surface area (Å²) in [6.07, 6.45) is 7.31. The van der Waals surface area contributed by atoms with Gasteiger partial charge in [-0.05, 0) is 35.4 Å². The van der Waals surface area contributed by atoms with Crippen molar-refractivity contribution in [3.63, 3.8) is 0 Å². The molecular weight excluding hydrogens is 302 g/mol. The minimum atomic E-state index is 0.209. The number of aromatic amines is 1. The van der Waals surface area contributed by atoms with E-state index < -0.39 is 0 Å². The zero-order valence-electron chi connectivity index (χ0n) is 13.5. The molecule has 0 amide bonds. The van der Waals surface area contributed by atoms with E-state index in [1.807, 2.05) is 6.20 Å². The average Bonchev–Trinajstić information content (AvgIpc) is 3.28. The fraction of sp³-hybridized carbons (Fsp3) is 0.316. The zero-order chi connectivity index (χ0) is 15.9. The summed E-state index contributed by atoms with van der Waals surface area (Å²) in [6, 6.07) is 13.5. The van der Waals surface area contributed by atoms with Crippen molar-refractivity contribution in [2.45, 2.75) is 38.8 Å². The van der Waals surface area contributed by atoms with Gasteiger partial charge in [0.1, 0.15) is 5.82 Å². The molecule has 1 atom stereocenters. The Labute approximate surface area is 141 Å². The lowest BCUT2D eigenvalue weighted by atomic mass is 10.0. The predicted molar refractivity (Wildman–Crippen MR) is 96.6 cm³/mol. The van der Waals surface area contributed by atoms with Crippen molar-refractivity contribution >= 4 is 11.3 Å². The lowest BCUT2D eigenvalue weighted by molar-refractivity contribution is 0.597. The van der Waals surface area contributed by atoms with E-state index in [1.165, 1.54) is 35.3 Å². The van der Waals surface area contributed by atoms with Crippen molar-refractivity contribution in [3.05, 3.63) is 76.0 Å². The van der Waals surface area contributed by atoms with Crippen LogP contribution in [0.5, 0.6) is 0 Å². The van der Waals surface area contributed by atoms with Crippen molar-refractivity contribution < 1.29 is 0 Å². The Hall–Kier alpha value is -1.91. The molecule has 2 aromatic heterocycles. The van der Waals surface area contributed by atoms with Crippen molar-refractivity contribution in [1.82, 2.24) is 15.3 Å². The molecule has 120 valence electrons. The number of benzene rings is 1. The lowest BCUT2D eigenvalue weighted by Crippen LogP contribution is -2.21. The maximum Gasteiger partial charge on any atom is 0.120 e. The number of nitrogens with one attached hydrogen (secondary N) is 2. The Morgan fingerprint density at radius 2 is 2.09 bits per heavy atom. The van der Waals surface area contributed by atoms with Gasteiger partial charge in [0.2, 0.25) is 0 Å². The summed E-state index contributed by atoms with van der Waals surface area (Å²) >= 11 is 1.79. The summed E-state index contributed by atoms with van der Waals surface area (Å²) in [5.41, 5.74) is 2.73. The minimum Gasteiger partial charge on any atom is -0.348 e. The second-order valence-electron chi connectivity index (χ2n) is 5.71. The first-order chi connectivity index (χ1) is 11.4. The largest absolute Gasteiger partial charge is 0.348 e. The van der Waals surface area contributed by atoms with E-state index >= 15 is 0 Å². The number of thiophene rings is 1. The van der Waals surface area contributed by atoms with Gasteiger partial charge in [-0.25, -0.2) is 4.98 Å². The lowest BCUT2D eigenvalue weighted by Gasteiger charge is -2.18. The van der Waals surface area contributed by atoms with Crippen LogP contribution in [0.2, 0.25) is 0 Å². The van der Waals surface area contributed by atoms with Gasteiger partial charge in [0.15, 0.2) is 0 Å². The van der Waals surface area contributed by atoms with E-state index in [1.54, 1.807) is 17.5 Å². The van der Waals surface area contributed by atoms with Crippen LogP contribution in [0.1, 0.15) is 47.6 Å². The molecule has 3 aromatic rings. The Kier molecular flexibility index (Phi) is 5.61. The Morgan fingerprint density at radius 1 is 1.22 bits per heavy atom. The molecule has 0 aliphatic carbocycles. The number of imidazole rings is 1. The van der Waals surface area contributed by atoms with E-state index in [4.69, 9.17) is 0 Å². The maximum absolute atomic E-state index is 4.30. The van der Waals surface area contributed by atoms with Gasteiger partial charge in [-0.15, -0.1) is 11.3 Å². The molecule has 4 heteroatoms. The number of hydrogen-bond donors (Lipinski definition) is 2. The fourth-order valence-electron chi connectivity index (χ4n) is 2.69. The molecule has 1 aromatic carbocycles. The van der Waals surface area contributed by atoms with Crippen LogP contribution in [-0.2, 0) is 13.0 Å². The minimum absolute atomic E-state index is 0.209. The second-order valence-corrected chi connectivity index (χ2v) is 6.69. The van der Waals surface area contributed by atoms with Crippen LogP contribution in [0, 0.1) is 0 Å². The quantitative estimate of drug-likeness (QED) is 0.630. The highest BCUT2D eigenvalue weighted by atomic mass is 32.1. The highest BCUT2D eigenvalue weighted by molar-refractivity contribution is 7.10. The number of H-pyrrole nitrogens is 1. The summed E-state index contributed by atoms with van der Waals surface area (Å²) in [5, 5.41) is 5.75. The molecule has 0 bridgehead atoms. The summed E-state index contributed by atoms with van der Waals surface area (Å²) in [7, 11) is 0. The van der Waals surface area contributed by atoms with E-state index in [0.717, 1.165) is 12.4 Å². The number of hydrogen-bond acceptors (Lipinski definition) is 3. The Morgan fingerprint density at radius 3 is 2.74 bits per heavy atom. The van der Waals surface area contributed by atoms with Crippen LogP contribution in [0.4, 0.5) is 0 Å². The standard InChI is InChI=1S/C19H23N3S/c1-2-3-5-15-7-9-16(10-8-15)19(17-6-4-13-23-17)22-14-18-20-11-12-21-18/h4,6-13,19,22H,2-3,5,14H2,1H3,(H,20,21). The molecule has 1 unspecified atom stereocenters. The molecule has 0 aliphatic heterocycles. The number of rotatable bonds is 8. The molecule has 2 N–H and O–H groups in total. The molecule has 2 heterocycles. The molecule has 0 saturated heterocycles. The van der Waals surface area contributed by atoms with Gasteiger partial charge in [0, 0.05) is 17.3 Å². The van der Waals surface area contributed by atoms with Crippen molar-refractivity contribution in [3.8, 4) is 0 Å². The third-order valence-corrected chi connectivity index (χ3v) is 4.93. The fourth-order valence-corrected chi connectivity index (χ4v) is 3.52. The van der Waals surface area contributed by atoms with E-state index in [2.05, 4.69) is 64.0 Å². The number of nitrogens with zero attached hydrogens (tertiary/aromatic N) is 1. The maximum atomic E-state index is 4.30. The van der Waals surface area contributed by atoms with Crippen LogP contribution in [-0.4, -0.2) is 9.97 Å². The van der Waals surface area contributed by atoms with Crippen molar-refractivity contribution in [2.24, 2.45) is 0 Å². The molecular formula is C19H23N3S. The molecule has 0 spiro atoms. The molecule has 3 rings (SSSR count). The van der Waals surface area contributed by atoms with E-state index in [-0.39, 0.29) is 6.04 Å². The first kappa shape index (κ1) is 16.0. The average molecular weight is 325 g/mol. The molecule has 0 saturated carbocycles. The van der Waals surface area contributed by atoms with Gasteiger partial charge in [0.25, 0.3) is 0 Å². The van der Waals surface area contributed by atoms with Gasteiger partial charge in [-0.3, -0.25) is 5.32 Å². The molecule has 0 fully saturated rings. The summed E-state index contributed by atoms with van der Waals surface area (Å²) in [4.78, 5) is 8.78. The number of aryl methyl sites for hydroxylation is 1. The topological polar surface area (TPSA) is 40.7 Å². The van der Waals surface area contributed by atoms with Crippen LogP contribution >= 0.6 is 11.3 Å². The highest BCUT2D eigenvalue weighted by Crippen LogP contribution is 2.26. The first-order valence-electron chi connectivity index (χ1n) is 8.20. The molecule has 0 aliphatic rings. The molecule has 3 nitrogen and oxygen atoms in total. The zero-order valence-corrected chi connectivity index (χ0v) is 14.3. The molecule has 0 radical (unpaired) electrons. The monoisotopic (exact) mass is 325 g/mol. The third-order valence-electron chi connectivity index (χ3n) is 3.99. The van der Waals surface area contributed by atoms with Crippen LogP contribution in [0.15, 0.2) is 54.2 Å². The van der Waals surface area contributed by atoms with Gasteiger partial charge in [-0.1, -0.05) is 43.7 Å². The smallest absolute Gasteiger partial charge is 0.120 e. The molecule has 23 heavy (non-hydrogen) atoms. The Bertz CT molecular complexity index is 672. The SMILES string of the molecule is CCCCc1ccc(C(NCc2ncc[nH]2)c2cccs2)cc1. The van der Waals surface area contributed by atoms with Gasteiger partial charge in [0.05, 0.1) is 12.6 Å². The van der Waals surface area contributed by atoms with Crippen LogP contribution in [0.3, 0.4) is 0 Å². The normalized spacial score (nSPS) is 12.4. The highest BCUT2D eigenvalue weighted by Gasteiger charge is 2.15. The number of unbranched alkanes of at least 4 members (excludes halogenated alkanes) is 1. The van der Waals surface area contributed by atoms with Gasteiger partial charge in [-0.2, -0.15) is 0 Å². The second kappa shape index (κ2) is 8.09. The number of aromatic nitrogens is 2. The van der Waals surface area contributed by atoms with E-state index in [9.17, 15) is 0 Å². The van der Waals surface area contributed by atoms with Crippen LogP contribution in [0.25, 0.3) is 0 Å². The first-order valence-corrected chi connectivity index (χ1v) is 9.08. The van der Waals surface area contributed by atoms with Crippen molar-refractivity contribution in [2.75, 3.05) is 0 Å². The van der Waals surface area contributed by atoms with Crippen molar-refractivity contribution in [1.29, 1.82) is 0 Å². The van der Waals surface area contributed by atoms with Gasteiger partial charge < -0.3 is 4.98 Å². The van der Waals surface area contributed by atoms with Crippen LogP contribution < -0.4 is 5.32 Å². The predicted octanol–water partition coefficient (Wildman–Crippen LogP) is 4.69. The summed E-state index contributed by atoms with van der Waals surface area (Å²) in [5.74, 6) is 0.964. The Balaban J connectivity index is 1.74. The van der Waals surface area contributed by atoms with E-state index in [0.29, 0.717) is 0 Å².